The molecule has 72 heavy (non-hydrogen) atoms. The number of benzene rings is 8. The van der Waals surface area contributed by atoms with E-state index in [2.05, 4.69) is 232 Å². The third-order valence-corrected chi connectivity index (χ3v) is 19.5. The van der Waals surface area contributed by atoms with E-state index in [4.69, 9.17) is 0 Å². The van der Waals surface area contributed by atoms with E-state index in [1.807, 2.05) is 11.3 Å². The number of aryl methyl sites for hydroxylation is 1. The Morgan fingerprint density at radius 1 is 0.486 bits per heavy atom. The number of hydrogen-bond acceptors (Lipinski definition) is 3. The average Bonchev–Trinajstić information content (AvgIpc) is 3.83. The van der Waals surface area contributed by atoms with Crippen LogP contribution in [0.1, 0.15) is 134 Å². The number of anilines is 5. The Kier molecular flexibility index (Phi) is 9.85. The summed E-state index contributed by atoms with van der Waals surface area (Å²) in [6.45, 7) is 27.0. The molecule has 13 rings (SSSR count). The number of thiophene rings is 1. The lowest BCUT2D eigenvalue weighted by molar-refractivity contribution is 0.332. The molecule has 0 amide bonds. The summed E-state index contributed by atoms with van der Waals surface area (Å²) < 4.78 is 2.85. The first-order chi connectivity index (χ1) is 34.3. The van der Waals surface area contributed by atoms with Crippen molar-refractivity contribution in [1.29, 1.82) is 0 Å². The van der Waals surface area contributed by atoms with Crippen LogP contribution in [0.4, 0.5) is 28.4 Å². The fraction of sp³-hybridized carbons (Fsp3) is 0.294. The van der Waals surface area contributed by atoms with Gasteiger partial charge in [0.05, 0.1) is 5.69 Å². The van der Waals surface area contributed by atoms with Crippen LogP contribution in [0, 0.1) is 6.92 Å². The van der Waals surface area contributed by atoms with Crippen molar-refractivity contribution in [3.8, 4) is 33.4 Å². The molecule has 8 aromatic carbocycles. The van der Waals surface area contributed by atoms with Crippen molar-refractivity contribution >= 4 is 78.2 Å². The largest absolute Gasteiger partial charge is 0.355 e. The number of nitrogens with zero attached hydrogens (tertiary/aromatic N) is 1. The Morgan fingerprint density at radius 3 is 1.79 bits per heavy atom. The third-order valence-electron chi connectivity index (χ3n) is 18.3. The predicted octanol–water partition coefficient (Wildman–Crippen LogP) is 17.6. The van der Waals surface area contributed by atoms with E-state index < -0.39 is 0 Å². The fourth-order valence-corrected chi connectivity index (χ4v) is 14.9. The average molecular weight is 955 g/mol. The van der Waals surface area contributed by atoms with Crippen LogP contribution in [-0.2, 0) is 27.1 Å². The summed E-state index contributed by atoms with van der Waals surface area (Å²) >= 11 is 2.04. The second kappa shape index (κ2) is 15.6. The number of nitrogens with one attached hydrogen (secondary N) is 1. The maximum absolute atomic E-state index is 4.09. The van der Waals surface area contributed by atoms with Gasteiger partial charge in [0.2, 0.25) is 7.28 Å². The molecule has 1 aromatic heterocycles. The summed E-state index contributed by atoms with van der Waals surface area (Å²) in [5.74, 6) is 0. The van der Waals surface area contributed by atoms with Crippen molar-refractivity contribution in [3.05, 3.63) is 185 Å². The Morgan fingerprint density at radius 2 is 1.08 bits per heavy atom. The minimum Gasteiger partial charge on any atom is -0.355 e. The van der Waals surface area contributed by atoms with Gasteiger partial charge in [0.15, 0.2) is 0 Å². The molecule has 0 spiro atoms. The van der Waals surface area contributed by atoms with Gasteiger partial charge in [-0.3, -0.25) is 0 Å². The summed E-state index contributed by atoms with van der Waals surface area (Å²) in [4.78, 5) is 2.75. The minimum absolute atomic E-state index is 0.0586. The van der Waals surface area contributed by atoms with Gasteiger partial charge in [-0.15, -0.1) is 11.3 Å². The SMILES string of the molecule is Cc1cc2c(cc1N1c3cc4ccccc4c(-c4cc5c(cc4Nc4ccc(-c6ccccc6)cc4)C(C)(C)c4ccccc4-5)c3Bc3sc4cc5c(cc4c31)C(C)(C)CCC5(C)C)C(C)(C)CCC2(C)C. The van der Waals surface area contributed by atoms with Gasteiger partial charge in [-0.05, 0) is 191 Å². The first-order valence-electron chi connectivity index (χ1n) is 26.6. The van der Waals surface area contributed by atoms with E-state index in [9.17, 15) is 0 Å². The summed E-state index contributed by atoms with van der Waals surface area (Å²) in [5.41, 5.74) is 25.7. The molecule has 4 heteroatoms. The van der Waals surface area contributed by atoms with Gasteiger partial charge in [0.25, 0.3) is 0 Å². The molecule has 358 valence electrons. The standard InChI is InChI=1S/C68H67BN2S/c1-40-33-52-54(66(6,7)31-29-64(52,2)3)38-57(40)71-58-34-43-21-15-16-22-45(43)60(61(58)69-63-62(71)49-36-53-55(39-59(49)72-63)67(8,9)32-30-65(53,4)5)48-35-47-46-23-17-18-24-50(46)68(10,11)51(47)37-56(48)70-44-27-25-42(26-28-44)41-19-13-12-14-20-41/h12-28,33-39,69-70H,29-32H2,1-11H3. The van der Waals surface area contributed by atoms with Gasteiger partial charge >= 0.3 is 0 Å². The van der Waals surface area contributed by atoms with Crippen molar-refractivity contribution in [2.24, 2.45) is 0 Å². The Labute approximate surface area is 432 Å². The normalized spacial score (nSPS) is 18.1. The Bertz CT molecular complexity index is 3730. The zero-order chi connectivity index (χ0) is 49.9. The summed E-state index contributed by atoms with van der Waals surface area (Å²) in [5, 5.41) is 8.04. The van der Waals surface area contributed by atoms with Crippen LogP contribution >= 0.6 is 11.3 Å². The van der Waals surface area contributed by atoms with E-state index in [0.29, 0.717) is 0 Å². The molecular formula is C68H67BN2S. The molecule has 2 heterocycles. The highest BCUT2D eigenvalue weighted by Gasteiger charge is 2.43. The van der Waals surface area contributed by atoms with Gasteiger partial charge in [0, 0.05) is 43.8 Å². The molecule has 3 aliphatic carbocycles. The molecule has 4 aliphatic rings. The van der Waals surface area contributed by atoms with Crippen molar-refractivity contribution < 1.29 is 0 Å². The monoisotopic (exact) mass is 955 g/mol. The lowest BCUT2D eigenvalue weighted by Gasteiger charge is -2.44. The highest BCUT2D eigenvalue weighted by atomic mass is 32.1. The molecule has 0 saturated heterocycles. The maximum Gasteiger partial charge on any atom is 0.211 e. The zero-order valence-corrected chi connectivity index (χ0v) is 45.1. The quantitative estimate of drug-likeness (QED) is 0.173. The maximum atomic E-state index is 4.09. The van der Waals surface area contributed by atoms with Gasteiger partial charge < -0.3 is 10.2 Å². The van der Waals surface area contributed by atoms with Gasteiger partial charge in [0.1, 0.15) is 0 Å². The number of fused-ring (bicyclic) bond motifs is 10. The first kappa shape index (κ1) is 45.5. The van der Waals surface area contributed by atoms with Crippen molar-refractivity contribution in [2.45, 2.75) is 129 Å². The van der Waals surface area contributed by atoms with Crippen LogP contribution in [0.3, 0.4) is 0 Å². The van der Waals surface area contributed by atoms with Crippen molar-refractivity contribution in [2.75, 3.05) is 10.2 Å². The molecule has 0 radical (unpaired) electrons. The second-order valence-electron chi connectivity index (χ2n) is 25.2. The molecule has 1 aliphatic heterocycles. The summed E-state index contributed by atoms with van der Waals surface area (Å²) in [7, 11) is 0.852. The molecular weight excluding hydrogens is 888 g/mol. The van der Waals surface area contributed by atoms with E-state index in [1.165, 1.54) is 146 Å². The zero-order valence-electron chi connectivity index (χ0n) is 44.2. The molecule has 9 aromatic rings. The van der Waals surface area contributed by atoms with Crippen molar-refractivity contribution in [3.63, 3.8) is 0 Å². The minimum atomic E-state index is -0.159. The Hall–Kier alpha value is -6.36. The lowest BCUT2D eigenvalue weighted by atomic mass is 9.60. The smallest absolute Gasteiger partial charge is 0.211 e. The lowest BCUT2D eigenvalue weighted by Crippen LogP contribution is -2.40. The highest BCUT2D eigenvalue weighted by molar-refractivity contribution is 7.29. The topological polar surface area (TPSA) is 15.3 Å². The molecule has 0 atom stereocenters. The summed E-state index contributed by atoms with van der Waals surface area (Å²) in [6.07, 6.45) is 4.76. The van der Waals surface area contributed by atoms with Crippen LogP contribution in [-0.4, -0.2) is 7.28 Å². The van der Waals surface area contributed by atoms with Gasteiger partial charge in [-0.2, -0.15) is 0 Å². The predicted molar refractivity (Wildman–Crippen MR) is 314 cm³/mol. The van der Waals surface area contributed by atoms with Crippen LogP contribution in [0.5, 0.6) is 0 Å². The van der Waals surface area contributed by atoms with Crippen LogP contribution < -0.4 is 20.5 Å². The summed E-state index contributed by atoms with van der Waals surface area (Å²) in [6, 6.07) is 56.1. The van der Waals surface area contributed by atoms with Crippen LogP contribution in [0.15, 0.2) is 146 Å². The fourth-order valence-electron chi connectivity index (χ4n) is 13.7. The van der Waals surface area contributed by atoms with E-state index in [0.717, 1.165) is 18.7 Å². The molecule has 1 N–H and O–H groups in total. The van der Waals surface area contributed by atoms with Crippen LogP contribution in [0.25, 0.3) is 54.2 Å². The van der Waals surface area contributed by atoms with Crippen LogP contribution in [0.2, 0.25) is 0 Å². The molecule has 0 unspecified atom stereocenters. The molecule has 0 saturated carbocycles. The second-order valence-corrected chi connectivity index (χ2v) is 26.3. The molecule has 0 bridgehead atoms. The van der Waals surface area contributed by atoms with E-state index in [1.54, 1.807) is 0 Å². The molecule has 2 nitrogen and oxygen atoms in total. The van der Waals surface area contributed by atoms with Gasteiger partial charge in [-0.25, -0.2) is 0 Å². The number of hydrogen-bond donors (Lipinski definition) is 1. The highest BCUT2D eigenvalue weighted by Crippen LogP contribution is 2.56. The van der Waals surface area contributed by atoms with E-state index in [-0.39, 0.29) is 27.1 Å². The number of rotatable bonds is 5. The van der Waals surface area contributed by atoms with Crippen molar-refractivity contribution in [1.82, 2.24) is 0 Å². The molecule has 0 fully saturated rings. The first-order valence-corrected chi connectivity index (χ1v) is 27.4. The van der Waals surface area contributed by atoms with Gasteiger partial charge in [-0.1, -0.05) is 166 Å². The Balaban J connectivity index is 1.11. The van der Waals surface area contributed by atoms with E-state index >= 15 is 0 Å². The third kappa shape index (κ3) is 6.80.